The Morgan fingerprint density at radius 2 is 2.36 bits per heavy atom. The number of nitrogens with zero attached hydrogens (tertiary/aromatic N) is 1. The monoisotopic (exact) mass is 212 g/mol. The van der Waals surface area contributed by atoms with Crippen LogP contribution in [0.3, 0.4) is 0 Å². The third-order valence-electron chi connectivity index (χ3n) is 2.62. The molecule has 1 aliphatic rings. The summed E-state index contributed by atoms with van der Waals surface area (Å²) in [5.74, 6) is -0.544. The lowest BCUT2D eigenvalue weighted by Gasteiger charge is -2.24. The molecule has 1 aliphatic carbocycles. The quantitative estimate of drug-likeness (QED) is 0.753. The van der Waals surface area contributed by atoms with Crippen molar-refractivity contribution in [1.29, 1.82) is 0 Å². The minimum Gasteiger partial charge on any atom is -0.476 e. The van der Waals surface area contributed by atoms with Gasteiger partial charge in [-0.25, -0.2) is 9.78 Å². The molecule has 0 saturated heterocycles. The lowest BCUT2D eigenvalue weighted by atomic mass is 9.82. The predicted octanol–water partition coefficient (Wildman–Crippen LogP) is 2.10. The van der Waals surface area contributed by atoms with Gasteiger partial charge in [-0.2, -0.15) is 0 Å². The van der Waals surface area contributed by atoms with E-state index in [1.807, 2.05) is 6.26 Å². The van der Waals surface area contributed by atoms with Crippen LogP contribution in [0.1, 0.15) is 41.4 Å². The first kappa shape index (κ1) is 9.58. The fourth-order valence-electron chi connectivity index (χ4n) is 1.62. The third-order valence-corrected chi connectivity index (χ3v) is 3.20. The summed E-state index contributed by atoms with van der Waals surface area (Å²) < 4.78 is 0. The van der Waals surface area contributed by atoms with Gasteiger partial charge in [0.25, 0.3) is 0 Å². The van der Waals surface area contributed by atoms with Crippen molar-refractivity contribution >= 4 is 17.7 Å². The molecule has 0 amide bonds. The molecule has 0 radical (unpaired) electrons. The van der Waals surface area contributed by atoms with Crippen LogP contribution in [0.4, 0.5) is 0 Å². The van der Waals surface area contributed by atoms with Crippen LogP contribution in [0.15, 0.2) is 5.16 Å². The summed E-state index contributed by atoms with van der Waals surface area (Å²) in [7, 11) is 0. The van der Waals surface area contributed by atoms with Crippen molar-refractivity contribution in [1.82, 2.24) is 9.97 Å². The average molecular weight is 212 g/mol. The molecule has 1 aromatic rings. The normalized spacial score (nSPS) is 16.6. The van der Waals surface area contributed by atoms with Crippen LogP contribution in [0, 0.1) is 0 Å². The first-order valence-corrected chi connectivity index (χ1v) is 5.82. The number of carboxylic acids is 1. The topological polar surface area (TPSA) is 66.0 Å². The smallest absolute Gasteiger partial charge is 0.356 e. The Bertz CT molecular complexity index is 358. The van der Waals surface area contributed by atoms with Crippen LogP contribution >= 0.6 is 11.8 Å². The number of carbonyl (C=O) groups is 1. The summed E-state index contributed by atoms with van der Waals surface area (Å²) in [6.45, 7) is 0. The largest absolute Gasteiger partial charge is 0.476 e. The van der Waals surface area contributed by atoms with E-state index < -0.39 is 5.97 Å². The van der Waals surface area contributed by atoms with Gasteiger partial charge < -0.3 is 10.1 Å². The zero-order valence-corrected chi connectivity index (χ0v) is 8.73. The number of rotatable bonds is 3. The van der Waals surface area contributed by atoms with E-state index >= 15 is 0 Å². The zero-order valence-electron chi connectivity index (χ0n) is 7.91. The SMILES string of the molecule is CSc1nc(C(=O)O)c(C2CCC2)[nH]1. The summed E-state index contributed by atoms with van der Waals surface area (Å²) in [6, 6.07) is 0. The summed E-state index contributed by atoms with van der Waals surface area (Å²) >= 11 is 1.44. The second kappa shape index (κ2) is 3.65. The molecule has 2 rings (SSSR count). The molecule has 76 valence electrons. The van der Waals surface area contributed by atoms with E-state index in [1.54, 1.807) is 0 Å². The van der Waals surface area contributed by atoms with Crippen LogP contribution in [0.25, 0.3) is 0 Å². The van der Waals surface area contributed by atoms with Gasteiger partial charge >= 0.3 is 5.97 Å². The van der Waals surface area contributed by atoms with Gasteiger partial charge in [0.15, 0.2) is 10.9 Å². The Morgan fingerprint density at radius 1 is 1.64 bits per heavy atom. The van der Waals surface area contributed by atoms with Crippen LogP contribution in [0.5, 0.6) is 0 Å². The first-order chi connectivity index (χ1) is 6.72. The Hall–Kier alpha value is -0.970. The first-order valence-electron chi connectivity index (χ1n) is 4.59. The molecule has 0 aromatic carbocycles. The Morgan fingerprint density at radius 3 is 2.79 bits per heavy atom. The highest BCUT2D eigenvalue weighted by Crippen LogP contribution is 2.37. The number of carboxylic acid groups (broad SMARTS) is 1. The number of hydrogen-bond donors (Lipinski definition) is 2. The van der Waals surface area contributed by atoms with Crippen molar-refractivity contribution in [2.75, 3.05) is 6.26 Å². The fraction of sp³-hybridized carbons (Fsp3) is 0.556. The van der Waals surface area contributed by atoms with E-state index in [0.29, 0.717) is 11.1 Å². The molecule has 0 aliphatic heterocycles. The molecule has 1 fully saturated rings. The molecule has 0 bridgehead atoms. The molecule has 5 heteroatoms. The minimum absolute atomic E-state index is 0.207. The Kier molecular flexibility index (Phi) is 2.50. The number of aromatic nitrogens is 2. The standard InChI is InChI=1S/C9H12N2O2S/c1-14-9-10-6(5-3-2-4-5)7(11-9)8(12)13/h5H,2-4H2,1H3,(H,10,11)(H,12,13). The van der Waals surface area contributed by atoms with Crippen molar-refractivity contribution < 1.29 is 9.90 Å². The summed E-state index contributed by atoms with van der Waals surface area (Å²) in [5, 5.41) is 9.65. The summed E-state index contributed by atoms with van der Waals surface area (Å²) in [4.78, 5) is 18.0. The highest BCUT2D eigenvalue weighted by Gasteiger charge is 2.27. The van der Waals surface area contributed by atoms with Crippen molar-refractivity contribution in [3.8, 4) is 0 Å². The Labute approximate surface area is 86.1 Å². The van der Waals surface area contributed by atoms with E-state index in [0.717, 1.165) is 18.5 Å². The summed E-state index contributed by atoms with van der Waals surface area (Å²) in [6.07, 6.45) is 5.24. The third kappa shape index (κ3) is 1.52. The van der Waals surface area contributed by atoms with E-state index in [1.165, 1.54) is 18.2 Å². The molecular formula is C9H12N2O2S. The molecular weight excluding hydrogens is 200 g/mol. The number of aromatic carboxylic acids is 1. The van der Waals surface area contributed by atoms with E-state index in [2.05, 4.69) is 9.97 Å². The molecule has 2 N–H and O–H groups in total. The molecule has 4 nitrogen and oxygen atoms in total. The van der Waals surface area contributed by atoms with Gasteiger partial charge in [-0.1, -0.05) is 18.2 Å². The molecule has 1 aromatic heterocycles. The number of hydrogen-bond acceptors (Lipinski definition) is 3. The highest BCUT2D eigenvalue weighted by molar-refractivity contribution is 7.98. The van der Waals surface area contributed by atoms with Gasteiger partial charge in [0.1, 0.15) is 0 Å². The lowest BCUT2D eigenvalue weighted by molar-refractivity contribution is 0.0688. The molecule has 0 spiro atoms. The second-order valence-corrected chi connectivity index (χ2v) is 4.24. The van der Waals surface area contributed by atoms with E-state index in [-0.39, 0.29) is 5.69 Å². The van der Waals surface area contributed by atoms with Gasteiger partial charge in [0, 0.05) is 5.92 Å². The summed E-state index contributed by atoms with van der Waals surface area (Å²) in [5.41, 5.74) is 1.02. The van der Waals surface area contributed by atoms with Crippen LogP contribution in [-0.2, 0) is 0 Å². The van der Waals surface area contributed by atoms with Gasteiger partial charge in [0.05, 0.1) is 5.69 Å². The van der Waals surface area contributed by atoms with Crippen LogP contribution in [0.2, 0.25) is 0 Å². The van der Waals surface area contributed by atoms with E-state index in [9.17, 15) is 4.79 Å². The van der Waals surface area contributed by atoms with Crippen molar-refractivity contribution in [2.24, 2.45) is 0 Å². The highest BCUT2D eigenvalue weighted by atomic mass is 32.2. The van der Waals surface area contributed by atoms with Gasteiger partial charge in [-0.15, -0.1) is 0 Å². The van der Waals surface area contributed by atoms with Gasteiger partial charge in [0.2, 0.25) is 0 Å². The molecule has 0 atom stereocenters. The molecule has 14 heavy (non-hydrogen) atoms. The average Bonchev–Trinajstić information content (AvgIpc) is 2.45. The molecule has 1 saturated carbocycles. The number of thioether (sulfide) groups is 1. The van der Waals surface area contributed by atoms with Crippen LogP contribution in [-0.4, -0.2) is 27.3 Å². The number of aromatic amines is 1. The van der Waals surface area contributed by atoms with Crippen molar-refractivity contribution in [3.05, 3.63) is 11.4 Å². The number of H-pyrrole nitrogens is 1. The van der Waals surface area contributed by atoms with Crippen molar-refractivity contribution in [3.63, 3.8) is 0 Å². The molecule has 0 unspecified atom stereocenters. The number of imidazole rings is 1. The van der Waals surface area contributed by atoms with Gasteiger partial charge in [-0.05, 0) is 19.1 Å². The lowest BCUT2D eigenvalue weighted by Crippen LogP contribution is -2.13. The van der Waals surface area contributed by atoms with Crippen LogP contribution < -0.4 is 0 Å². The van der Waals surface area contributed by atoms with Gasteiger partial charge in [-0.3, -0.25) is 0 Å². The second-order valence-electron chi connectivity index (χ2n) is 3.44. The van der Waals surface area contributed by atoms with E-state index in [4.69, 9.17) is 5.11 Å². The zero-order chi connectivity index (χ0) is 10.1. The Balaban J connectivity index is 2.34. The fourth-order valence-corrected chi connectivity index (χ4v) is 2.01. The predicted molar refractivity (Wildman–Crippen MR) is 53.9 cm³/mol. The maximum Gasteiger partial charge on any atom is 0.356 e. The minimum atomic E-state index is -0.927. The van der Waals surface area contributed by atoms with Crippen molar-refractivity contribution in [2.45, 2.75) is 30.3 Å². The number of nitrogens with one attached hydrogen (secondary N) is 1. The maximum atomic E-state index is 10.9. The maximum absolute atomic E-state index is 10.9. The molecule has 1 heterocycles.